The van der Waals surface area contributed by atoms with Gasteiger partial charge < -0.3 is 4.74 Å². The Morgan fingerprint density at radius 1 is 1.00 bits per heavy atom. The zero-order valence-corrected chi connectivity index (χ0v) is 13.4. The first-order valence-electron chi connectivity index (χ1n) is 8.07. The topological polar surface area (TPSA) is 26.3 Å². The summed E-state index contributed by atoms with van der Waals surface area (Å²) < 4.78 is 40.3. The minimum Gasteiger partial charge on any atom is -0.406 e. The lowest BCUT2D eigenvalue weighted by Gasteiger charge is -2.21. The van der Waals surface area contributed by atoms with Gasteiger partial charge in [0.05, 0.1) is 0 Å². The molecule has 0 saturated heterocycles. The number of allylic oxidation sites excluding steroid dienone is 2. The van der Waals surface area contributed by atoms with Gasteiger partial charge in [0.2, 0.25) is 0 Å². The summed E-state index contributed by atoms with van der Waals surface area (Å²) in [6, 6.07) is 15.2. The molecule has 0 fully saturated rings. The van der Waals surface area contributed by atoms with Gasteiger partial charge in [-0.15, -0.1) is 13.2 Å². The van der Waals surface area contributed by atoms with Crippen LogP contribution in [0.1, 0.15) is 35.2 Å². The Kier molecular flexibility index (Phi) is 4.93. The Morgan fingerprint density at radius 2 is 1.68 bits per heavy atom. The van der Waals surface area contributed by atoms with Gasteiger partial charge in [0.25, 0.3) is 0 Å². The van der Waals surface area contributed by atoms with Crippen molar-refractivity contribution in [1.82, 2.24) is 0 Å². The molecule has 0 spiro atoms. The van der Waals surface area contributed by atoms with Crippen LogP contribution in [0.3, 0.4) is 0 Å². The second-order valence-corrected chi connectivity index (χ2v) is 6.00. The van der Waals surface area contributed by atoms with Gasteiger partial charge in [-0.2, -0.15) is 0 Å². The molecule has 0 saturated carbocycles. The van der Waals surface area contributed by atoms with E-state index in [4.69, 9.17) is 0 Å². The predicted molar refractivity (Wildman–Crippen MR) is 89.2 cm³/mol. The maximum atomic E-state index is 12.5. The second-order valence-electron chi connectivity index (χ2n) is 6.00. The molecule has 3 rings (SSSR count). The van der Waals surface area contributed by atoms with Gasteiger partial charge in [-0.05, 0) is 54.7 Å². The first-order valence-corrected chi connectivity index (χ1v) is 8.07. The Morgan fingerprint density at radius 3 is 2.24 bits per heavy atom. The molecule has 0 heterocycles. The molecule has 0 N–H and O–H groups in total. The fourth-order valence-electron chi connectivity index (χ4n) is 3.04. The van der Waals surface area contributed by atoms with Gasteiger partial charge in [-0.3, -0.25) is 4.79 Å². The van der Waals surface area contributed by atoms with Crippen LogP contribution in [0.25, 0.3) is 5.57 Å². The van der Waals surface area contributed by atoms with Crippen LogP contribution in [0.4, 0.5) is 13.2 Å². The Hall–Kier alpha value is -2.56. The van der Waals surface area contributed by atoms with Crippen molar-refractivity contribution in [2.24, 2.45) is 5.92 Å². The molecular formula is C20H17F3O2. The number of rotatable bonds is 4. The smallest absolute Gasteiger partial charge is 0.406 e. The van der Waals surface area contributed by atoms with E-state index in [0.29, 0.717) is 12.0 Å². The molecule has 0 amide bonds. The van der Waals surface area contributed by atoms with Crippen molar-refractivity contribution < 1.29 is 22.7 Å². The zero-order chi connectivity index (χ0) is 17.9. The van der Waals surface area contributed by atoms with Crippen molar-refractivity contribution in [3.05, 3.63) is 71.8 Å². The molecule has 2 nitrogen and oxygen atoms in total. The molecule has 2 aromatic rings. The average molecular weight is 346 g/mol. The van der Waals surface area contributed by atoms with Gasteiger partial charge in [-0.1, -0.05) is 36.4 Å². The Bertz CT molecular complexity index is 762. The zero-order valence-electron chi connectivity index (χ0n) is 13.4. The monoisotopic (exact) mass is 346 g/mol. The highest BCUT2D eigenvalue weighted by atomic mass is 19.4. The standard InChI is InChI=1S/C20H17F3O2/c21-20(22,23)25-18-12-10-17(11-13-18)19(24)16-8-6-15(7-9-16)14-4-2-1-3-5-14/h1-6,10-13,16H,7-9H2. The summed E-state index contributed by atoms with van der Waals surface area (Å²) in [7, 11) is 0. The van der Waals surface area contributed by atoms with Crippen molar-refractivity contribution >= 4 is 11.4 Å². The quantitative estimate of drug-likeness (QED) is 0.669. The normalized spacial score (nSPS) is 17.7. The van der Waals surface area contributed by atoms with Crippen molar-refractivity contribution in [1.29, 1.82) is 0 Å². The minimum absolute atomic E-state index is 0.0399. The van der Waals surface area contributed by atoms with Crippen LogP contribution in [0.15, 0.2) is 60.7 Å². The third-order valence-electron chi connectivity index (χ3n) is 4.30. The van der Waals surface area contributed by atoms with Crippen LogP contribution in [0, 0.1) is 5.92 Å². The average Bonchev–Trinajstić information content (AvgIpc) is 2.61. The second kappa shape index (κ2) is 7.13. The third-order valence-corrected chi connectivity index (χ3v) is 4.30. The minimum atomic E-state index is -4.73. The number of ether oxygens (including phenoxy) is 1. The van der Waals surface area contributed by atoms with Crippen molar-refractivity contribution in [3.63, 3.8) is 0 Å². The summed E-state index contributed by atoms with van der Waals surface area (Å²) in [4.78, 5) is 12.5. The molecule has 0 radical (unpaired) electrons. The third kappa shape index (κ3) is 4.50. The molecule has 1 aliphatic carbocycles. The van der Waals surface area contributed by atoms with Gasteiger partial charge in [0.15, 0.2) is 5.78 Å². The summed E-state index contributed by atoms with van der Waals surface area (Å²) in [5, 5.41) is 0. The molecule has 1 unspecified atom stereocenters. The highest BCUT2D eigenvalue weighted by Gasteiger charge is 2.31. The Labute approximate surface area is 143 Å². The van der Waals surface area contributed by atoms with E-state index in [2.05, 4.69) is 10.8 Å². The number of halogens is 3. The highest BCUT2D eigenvalue weighted by molar-refractivity contribution is 5.98. The van der Waals surface area contributed by atoms with Crippen LogP contribution in [-0.2, 0) is 0 Å². The number of carbonyl (C=O) groups excluding carboxylic acids is 1. The van der Waals surface area contributed by atoms with Crippen LogP contribution in [-0.4, -0.2) is 12.1 Å². The molecule has 2 aromatic carbocycles. The maximum Gasteiger partial charge on any atom is 0.573 e. The fourth-order valence-corrected chi connectivity index (χ4v) is 3.04. The SMILES string of the molecule is O=C(c1ccc(OC(F)(F)F)cc1)C1CC=C(c2ccccc2)CC1. The number of alkyl halides is 3. The molecule has 130 valence electrons. The van der Waals surface area contributed by atoms with Gasteiger partial charge >= 0.3 is 6.36 Å². The number of ketones is 1. The van der Waals surface area contributed by atoms with E-state index in [9.17, 15) is 18.0 Å². The lowest BCUT2D eigenvalue weighted by atomic mass is 9.82. The van der Waals surface area contributed by atoms with Crippen molar-refractivity contribution in [2.75, 3.05) is 0 Å². The number of carbonyl (C=O) groups is 1. The predicted octanol–water partition coefficient (Wildman–Crippen LogP) is 5.65. The van der Waals surface area contributed by atoms with Crippen LogP contribution in [0.5, 0.6) is 5.75 Å². The first kappa shape index (κ1) is 17.3. The number of Topliss-reactive ketones (excluding diaryl/α,β-unsaturated/α-hetero) is 1. The summed E-state index contributed by atoms with van der Waals surface area (Å²) in [6.07, 6.45) is -0.448. The molecule has 1 atom stereocenters. The lowest BCUT2D eigenvalue weighted by Crippen LogP contribution is -2.18. The van der Waals surface area contributed by atoms with E-state index < -0.39 is 6.36 Å². The molecule has 1 aliphatic rings. The molecule has 25 heavy (non-hydrogen) atoms. The van der Waals surface area contributed by atoms with Crippen molar-refractivity contribution in [2.45, 2.75) is 25.6 Å². The van der Waals surface area contributed by atoms with Crippen molar-refractivity contribution in [3.8, 4) is 5.75 Å². The van der Waals surface area contributed by atoms with Gasteiger partial charge in [0, 0.05) is 11.5 Å². The van der Waals surface area contributed by atoms with Crippen LogP contribution < -0.4 is 4.74 Å². The molecular weight excluding hydrogens is 329 g/mol. The molecule has 0 aliphatic heterocycles. The number of hydrogen-bond donors (Lipinski definition) is 0. The Balaban J connectivity index is 1.65. The summed E-state index contributed by atoms with van der Waals surface area (Å²) in [5.74, 6) is -0.497. The molecule has 0 bridgehead atoms. The van der Waals surface area contributed by atoms with E-state index in [1.807, 2.05) is 30.3 Å². The fraction of sp³-hybridized carbons (Fsp3) is 0.250. The van der Waals surface area contributed by atoms with Gasteiger partial charge in [-0.25, -0.2) is 0 Å². The summed E-state index contributed by atoms with van der Waals surface area (Å²) >= 11 is 0. The van der Waals surface area contributed by atoms with E-state index in [0.717, 1.165) is 12.8 Å². The molecule has 5 heteroatoms. The van der Waals surface area contributed by atoms with E-state index in [-0.39, 0.29) is 17.5 Å². The summed E-state index contributed by atoms with van der Waals surface area (Å²) in [5.41, 5.74) is 2.82. The first-order chi connectivity index (χ1) is 11.9. The lowest BCUT2D eigenvalue weighted by molar-refractivity contribution is -0.274. The maximum absolute atomic E-state index is 12.5. The summed E-state index contributed by atoms with van der Waals surface area (Å²) in [6.45, 7) is 0. The number of benzene rings is 2. The van der Waals surface area contributed by atoms with E-state index >= 15 is 0 Å². The largest absolute Gasteiger partial charge is 0.573 e. The van der Waals surface area contributed by atoms with Gasteiger partial charge in [0.1, 0.15) is 5.75 Å². The van der Waals surface area contributed by atoms with E-state index in [1.165, 1.54) is 35.4 Å². The number of hydrogen-bond acceptors (Lipinski definition) is 2. The highest BCUT2D eigenvalue weighted by Crippen LogP contribution is 2.32. The molecule has 0 aromatic heterocycles. The van der Waals surface area contributed by atoms with E-state index in [1.54, 1.807) is 0 Å². The van der Waals surface area contributed by atoms with Crippen LogP contribution in [0.2, 0.25) is 0 Å². The van der Waals surface area contributed by atoms with Crippen LogP contribution >= 0.6 is 0 Å².